The minimum atomic E-state index is -0.744. The van der Waals surface area contributed by atoms with Crippen LogP contribution in [0.2, 0.25) is 15.1 Å². The van der Waals surface area contributed by atoms with Crippen LogP contribution in [0.5, 0.6) is 5.75 Å². The number of ketones is 1. The molecular formula is C24H20Cl3NO5. The van der Waals surface area contributed by atoms with E-state index in [2.05, 4.69) is 0 Å². The molecule has 0 amide bonds. The lowest BCUT2D eigenvalue weighted by Gasteiger charge is -2.32. The third kappa shape index (κ3) is 4.69. The number of methoxy groups -OCH3 is 1. The van der Waals surface area contributed by atoms with Crippen LogP contribution in [0.25, 0.3) is 0 Å². The van der Waals surface area contributed by atoms with Crippen molar-refractivity contribution in [1.82, 2.24) is 0 Å². The molecule has 172 valence electrons. The van der Waals surface area contributed by atoms with Crippen LogP contribution in [0.1, 0.15) is 36.3 Å². The zero-order valence-corrected chi connectivity index (χ0v) is 19.9. The van der Waals surface area contributed by atoms with Gasteiger partial charge >= 0.3 is 5.97 Å². The van der Waals surface area contributed by atoms with Gasteiger partial charge in [0.05, 0.1) is 18.1 Å². The van der Waals surface area contributed by atoms with E-state index >= 15 is 0 Å². The number of ether oxygens (including phenoxy) is 3. The third-order valence-corrected chi connectivity index (χ3v) is 6.46. The third-order valence-electron chi connectivity index (χ3n) is 5.58. The average molecular weight is 509 g/mol. The first-order valence-electron chi connectivity index (χ1n) is 10.2. The van der Waals surface area contributed by atoms with Gasteiger partial charge in [-0.3, -0.25) is 4.79 Å². The first kappa shape index (κ1) is 23.5. The molecule has 2 N–H and O–H groups in total. The van der Waals surface area contributed by atoms with Crippen molar-refractivity contribution < 1.29 is 23.8 Å². The molecular weight excluding hydrogens is 489 g/mol. The number of benzene rings is 2. The van der Waals surface area contributed by atoms with E-state index in [4.69, 9.17) is 54.7 Å². The Labute approximate surface area is 205 Å². The normalized spacial score (nSPS) is 18.1. The van der Waals surface area contributed by atoms with Crippen LogP contribution in [-0.2, 0) is 25.7 Å². The molecule has 0 unspecified atom stereocenters. The maximum Gasteiger partial charge on any atom is 0.340 e. The number of nitrogens with two attached hydrogens (primary N) is 1. The Balaban J connectivity index is 1.68. The van der Waals surface area contributed by atoms with Crippen molar-refractivity contribution >= 4 is 46.6 Å². The summed E-state index contributed by atoms with van der Waals surface area (Å²) in [4.78, 5) is 25.4. The number of esters is 1. The summed E-state index contributed by atoms with van der Waals surface area (Å²) in [7, 11) is 1.25. The van der Waals surface area contributed by atoms with Crippen LogP contribution in [0, 0.1) is 0 Å². The molecule has 33 heavy (non-hydrogen) atoms. The Kier molecular flexibility index (Phi) is 6.88. The van der Waals surface area contributed by atoms with E-state index in [0.717, 1.165) is 5.56 Å². The van der Waals surface area contributed by atoms with Crippen molar-refractivity contribution in [2.75, 3.05) is 7.11 Å². The minimum absolute atomic E-state index is 0.0733. The molecule has 2 aromatic carbocycles. The second-order valence-corrected chi connectivity index (χ2v) is 8.88. The van der Waals surface area contributed by atoms with Crippen molar-refractivity contribution in [2.45, 2.75) is 31.8 Å². The van der Waals surface area contributed by atoms with Gasteiger partial charge in [0, 0.05) is 34.0 Å². The highest BCUT2D eigenvalue weighted by molar-refractivity contribution is 6.35. The molecule has 9 heteroatoms. The predicted octanol–water partition coefficient (Wildman–Crippen LogP) is 5.69. The van der Waals surface area contributed by atoms with E-state index in [1.165, 1.54) is 7.11 Å². The number of allylic oxidation sites excluding steroid dienone is 2. The number of hydrogen-bond donors (Lipinski definition) is 1. The number of halogens is 3. The molecule has 2 aromatic rings. The van der Waals surface area contributed by atoms with Gasteiger partial charge < -0.3 is 19.9 Å². The van der Waals surface area contributed by atoms with Crippen molar-refractivity contribution in [3.8, 4) is 5.75 Å². The predicted molar refractivity (Wildman–Crippen MR) is 125 cm³/mol. The summed E-state index contributed by atoms with van der Waals surface area (Å²) < 4.78 is 16.4. The quantitative estimate of drug-likeness (QED) is 0.522. The molecule has 2 aliphatic rings. The summed E-state index contributed by atoms with van der Waals surface area (Å²) in [6.07, 6.45) is 1.58. The van der Waals surface area contributed by atoms with E-state index in [1.54, 1.807) is 36.4 Å². The lowest BCUT2D eigenvalue weighted by atomic mass is 9.77. The Morgan fingerprint density at radius 2 is 1.91 bits per heavy atom. The minimum Gasteiger partial charge on any atom is -0.487 e. The van der Waals surface area contributed by atoms with Crippen molar-refractivity contribution in [3.63, 3.8) is 0 Å². The number of carbonyl (C=O) groups excluding carboxylic acids is 2. The van der Waals surface area contributed by atoms with Gasteiger partial charge in [0.25, 0.3) is 0 Å². The molecule has 0 saturated heterocycles. The van der Waals surface area contributed by atoms with Gasteiger partial charge in [0.1, 0.15) is 23.7 Å². The van der Waals surface area contributed by atoms with E-state index in [0.29, 0.717) is 57.0 Å². The molecule has 0 radical (unpaired) electrons. The van der Waals surface area contributed by atoms with Gasteiger partial charge in [-0.2, -0.15) is 0 Å². The Hall–Kier alpha value is -2.67. The maximum absolute atomic E-state index is 12.8. The van der Waals surface area contributed by atoms with Crippen LogP contribution in [0.3, 0.4) is 0 Å². The molecule has 6 nitrogen and oxygen atoms in total. The number of rotatable bonds is 5. The number of carbonyl (C=O) groups is 2. The summed E-state index contributed by atoms with van der Waals surface area (Å²) in [6.45, 7) is 0.181. The van der Waals surface area contributed by atoms with Crippen LogP contribution in [0.4, 0.5) is 0 Å². The smallest absolute Gasteiger partial charge is 0.340 e. The maximum atomic E-state index is 12.8. The topological polar surface area (TPSA) is 87.9 Å². The molecule has 4 rings (SSSR count). The van der Waals surface area contributed by atoms with Crippen molar-refractivity contribution in [3.05, 3.63) is 85.4 Å². The van der Waals surface area contributed by atoms with Crippen LogP contribution >= 0.6 is 34.8 Å². The second kappa shape index (κ2) is 9.67. The van der Waals surface area contributed by atoms with Crippen LogP contribution < -0.4 is 10.5 Å². The highest BCUT2D eigenvalue weighted by Gasteiger charge is 2.41. The number of Topliss-reactive ketones (excluding diaryl/α,β-unsaturated/α-hetero) is 1. The zero-order valence-electron chi connectivity index (χ0n) is 17.6. The Morgan fingerprint density at radius 3 is 2.61 bits per heavy atom. The van der Waals surface area contributed by atoms with E-state index in [-0.39, 0.29) is 23.8 Å². The zero-order chi connectivity index (χ0) is 23.7. The van der Waals surface area contributed by atoms with E-state index in [9.17, 15) is 9.59 Å². The van der Waals surface area contributed by atoms with Gasteiger partial charge in [0.2, 0.25) is 5.88 Å². The van der Waals surface area contributed by atoms with Gasteiger partial charge in [-0.25, -0.2) is 4.79 Å². The largest absolute Gasteiger partial charge is 0.487 e. The monoisotopic (exact) mass is 507 g/mol. The standard InChI is InChI=1S/C24H20Cl3NO5/c1-31-24(30)22-20(21-17(29)3-2-4-19(21)33-23(22)28)12-6-8-18(16(27)9-12)32-11-13-5-7-14(25)10-15(13)26/h5-10,20H,2-4,11,28H2,1H3/t20-/m1/s1. The van der Waals surface area contributed by atoms with Crippen molar-refractivity contribution in [2.24, 2.45) is 5.73 Å². The summed E-state index contributed by atoms with van der Waals surface area (Å²) >= 11 is 18.7. The van der Waals surface area contributed by atoms with Crippen LogP contribution in [-0.4, -0.2) is 18.9 Å². The molecule has 1 aliphatic heterocycles. The fourth-order valence-corrected chi connectivity index (χ4v) is 4.71. The highest BCUT2D eigenvalue weighted by Crippen LogP contribution is 2.45. The fraction of sp³-hybridized carbons (Fsp3) is 0.250. The van der Waals surface area contributed by atoms with Gasteiger partial charge in [-0.15, -0.1) is 0 Å². The summed E-state index contributed by atoms with van der Waals surface area (Å²) in [5, 5.41) is 1.32. The van der Waals surface area contributed by atoms with Crippen LogP contribution in [0.15, 0.2) is 59.2 Å². The Bertz CT molecular complexity index is 1200. The molecule has 0 aromatic heterocycles. The summed E-state index contributed by atoms with van der Waals surface area (Å²) in [5.74, 6) is -0.685. The molecule has 1 aliphatic carbocycles. The van der Waals surface area contributed by atoms with Gasteiger partial charge in [-0.05, 0) is 36.2 Å². The summed E-state index contributed by atoms with van der Waals surface area (Å²) in [5.41, 5.74) is 7.91. The molecule has 0 bridgehead atoms. The molecule has 0 saturated carbocycles. The lowest BCUT2D eigenvalue weighted by Crippen LogP contribution is -2.31. The van der Waals surface area contributed by atoms with Gasteiger partial charge in [-0.1, -0.05) is 46.9 Å². The first-order valence-corrected chi connectivity index (χ1v) is 11.3. The Morgan fingerprint density at radius 1 is 1.12 bits per heavy atom. The molecule has 0 fully saturated rings. The van der Waals surface area contributed by atoms with Crippen molar-refractivity contribution in [1.29, 1.82) is 0 Å². The van der Waals surface area contributed by atoms with E-state index < -0.39 is 11.9 Å². The van der Waals surface area contributed by atoms with E-state index in [1.807, 2.05) is 0 Å². The second-order valence-electron chi connectivity index (χ2n) is 7.63. The molecule has 1 atom stereocenters. The summed E-state index contributed by atoms with van der Waals surface area (Å²) in [6, 6.07) is 10.2. The first-order chi connectivity index (χ1) is 15.8. The highest BCUT2D eigenvalue weighted by atomic mass is 35.5. The lowest BCUT2D eigenvalue weighted by molar-refractivity contribution is -0.136. The average Bonchev–Trinajstić information content (AvgIpc) is 2.78. The SMILES string of the molecule is COC(=O)C1=C(N)OC2=C(C(=O)CCC2)[C@H]1c1ccc(OCc2ccc(Cl)cc2Cl)c(Cl)c1. The number of hydrogen-bond acceptors (Lipinski definition) is 6. The molecule has 0 spiro atoms. The fourth-order valence-electron chi connectivity index (χ4n) is 4.01. The van der Waals surface area contributed by atoms with Gasteiger partial charge in [0.15, 0.2) is 5.78 Å². The molecule has 1 heterocycles.